The number of ether oxygens (including phenoxy) is 1. The molecule has 4 heteroatoms. The van der Waals surface area contributed by atoms with Gasteiger partial charge in [-0.05, 0) is 43.3 Å². The minimum absolute atomic E-state index is 0.124. The van der Waals surface area contributed by atoms with Gasteiger partial charge >= 0.3 is 0 Å². The number of methoxy groups -OCH3 is 1. The summed E-state index contributed by atoms with van der Waals surface area (Å²) in [5, 5.41) is 9.68. The molecule has 0 saturated heterocycles. The predicted octanol–water partition coefficient (Wildman–Crippen LogP) is 2.99. The maximum absolute atomic E-state index is 12.5. The van der Waals surface area contributed by atoms with E-state index in [-0.39, 0.29) is 11.7 Å². The molecule has 0 radical (unpaired) electrons. The molecule has 2 rings (SSSR count). The smallest absolute Gasteiger partial charge is 0.258 e. The van der Waals surface area contributed by atoms with E-state index >= 15 is 0 Å². The number of carbonyl (C=O) groups excluding carboxylic acids is 1. The first-order valence-electron chi connectivity index (χ1n) is 6.25. The van der Waals surface area contributed by atoms with E-state index in [1.54, 1.807) is 56.3 Å². The van der Waals surface area contributed by atoms with Crippen LogP contribution >= 0.6 is 0 Å². The molecule has 0 aromatic heterocycles. The molecule has 0 aliphatic carbocycles. The molecule has 0 fully saturated rings. The summed E-state index contributed by atoms with van der Waals surface area (Å²) in [5.74, 6) is 0.700. The standard InChI is InChI=1S/C16H17NO3/c1-11-14(5-4-6-15(11)18)16(19)17(2)12-7-9-13(20-3)10-8-12/h4-10,18H,1-3H3. The molecule has 0 atom stereocenters. The average molecular weight is 271 g/mol. The number of hydrogen-bond donors (Lipinski definition) is 1. The lowest BCUT2D eigenvalue weighted by molar-refractivity contribution is 0.0992. The number of aromatic hydroxyl groups is 1. The molecule has 0 unspecified atom stereocenters. The van der Waals surface area contributed by atoms with E-state index in [2.05, 4.69) is 0 Å². The van der Waals surface area contributed by atoms with Gasteiger partial charge in [-0.3, -0.25) is 4.79 Å². The average Bonchev–Trinajstić information content (AvgIpc) is 2.48. The number of anilines is 1. The summed E-state index contributed by atoms with van der Waals surface area (Å²) in [7, 11) is 3.30. The first-order valence-corrected chi connectivity index (χ1v) is 6.25. The Morgan fingerprint density at radius 3 is 2.40 bits per heavy atom. The van der Waals surface area contributed by atoms with Crippen molar-refractivity contribution in [2.24, 2.45) is 0 Å². The number of rotatable bonds is 3. The second-order valence-electron chi connectivity index (χ2n) is 4.51. The van der Waals surface area contributed by atoms with Crippen molar-refractivity contribution in [2.45, 2.75) is 6.92 Å². The van der Waals surface area contributed by atoms with E-state index in [0.717, 1.165) is 11.4 Å². The van der Waals surface area contributed by atoms with Gasteiger partial charge in [0.05, 0.1) is 7.11 Å². The fourth-order valence-corrected chi connectivity index (χ4v) is 1.96. The SMILES string of the molecule is COc1ccc(N(C)C(=O)c2cccc(O)c2C)cc1. The highest BCUT2D eigenvalue weighted by Gasteiger charge is 2.17. The normalized spacial score (nSPS) is 10.2. The van der Waals surface area contributed by atoms with Crippen LogP contribution in [-0.4, -0.2) is 25.2 Å². The van der Waals surface area contributed by atoms with Crippen molar-refractivity contribution in [2.75, 3.05) is 19.1 Å². The molecule has 2 aromatic carbocycles. The second-order valence-corrected chi connectivity index (χ2v) is 4.51. The Labute approximate surface area is 118 Å². The second kappa shape index (κ2) is 5.65. The third-order valence-electron chi connectivity index (χ3n) is 3.30. The number of amides is 1. The summed E-state index contributed by atoms with van der Waals surface area (Å²) in [6.45, 7) is 1.73. The van der Waals surface area contributed by atoms with Crippen molar-refractivity contribution in [3.8, 4) is 11.5 Å². The molecule has 1 amide bonds. The summed E-state index contributed by atoms with van der Waals surface area (Å²) < 4.78 is 5.09. The van der Waals surface area contributed by atoms with Crippen LogP contribution in [0.5, 0.6) is 11.5 Å². The Morgan fingerprint density at radius 1 is 1.15 bits per heavy atom. The highest BCUT2D eigenvalue weighted by Crippen LogP contribution is 2.24. The van der Waals surface area contributed by atoms with Crippen LogP contribution in [0, 0.1) is 6.92 Å². The van der Waals surface area contributed by atoms with Gasteiger partial charge in [-0.2, -0.15) is 0 Å². The third-order valence-corrected chi connectivity index (χ3v) is 3.30. The number of hydrogen-bond acceptors (Lipinski definition) is 3. The van der Waals surface area contributed by atoms with Crippen LogP contribution in [0.25, 0.3) is 0 Å². The van der Waals surface area contributed by atoms with Crippen LogP contribution in [0.2, 0.25) is 0 Å². The van der Waals surface area contributed by atoms with Crippen LogP contribution in [0.15, 0.2) is 42.5 Å². The molecule has 2 aromatic rings. The van der Waals surface area contributed by atoms with Crippen LogP contribution < -0.4 is 9.64 Å². The molecule has 1 N–H and O–H groups in total. The molecule has 4 nitrogen and oxygen atoms in total. The summed E-state index contributed by atoms with van der Waals surface area (Å²) >= 11 is 0. The van der Waals surface area contributed by atoms with Gasteiger partial charge in [0.2, 0.25) is 0 Å². The van der Waals surface area contributed by atoms with Gasteiger partial charge in [0.1, 0.15) is 11.5 Å². The monoisotopic (exact) mass is 271 g/mol. The molecule has 0 aliphatic heterocycles. The molecule has 0 saturated carbocycles. The molecule has 0 heterocycles. The number of nitrogens with zero attached hydrogens (tertiary/aromatic N) is 1. The molecule has 0 bridgehead atoms. The molecule has 0 spiro atoms. The van der Waals surface area contributed by atoms with Gasteiger partial charge in [-0.1, -0.05) is 6.07 Å². The van der Waals surface area contributed by atoms with Crippen molar-refractivity contribution in [3.05, 3.63) is 53.6 Å². The van der Waals surface area contributed by atoms with Gasteiger partial charge in [0, 0.05) is 23.9 Å². The molecule has 104 valence electrons. The fraction of sp³-hybridized carbons (Fsp3) is 0.188. The Hall–Kier alpha value is -2.49. The van der Waals surface area contributed by atoms with Crippen molar-refractivity contribution < 1.29 is 14.6 Å². The summed E-state index contributed by atoms with van der Waals surface area (Å²) in [6.07, 6.45) is 0. The zero-order valence-electron chi connectivity index (χ0n) is 11.8. The van der Waals surface area contributed by atoms with Crippen molar-refractivity contribution in [3.63, 3.8) is 0 Å². The molecular weight excluding hydrogens is 254 g/mol. The summed E-state index contributed by atoms with van der Waals surface area (Å²) in [6, 6.07) is 12.2. The van der Waals surface area contributed by atoms with Crippen LogP contribution in [0.1, 0.15) is 15.9 Å². The first-order chi connectivity index (χ1) is 9.54. The van der Waals surface area contributed by atoms with Gasteiger partial charge < -0.3 is 14.7 Å². The van der Waals surface area contributed by atoms with E-state index in [1.165, 1.54) is 0 Å². The third kappa shape index (κ3) is 2.59. The first kappa shape index (κ1) is 13.9. The Morgan fingerprint density at radius 2 is 1.80 bits per heavy atom. The van der Waals surface area contributed by atoms with Crippen molar-refractivity contribution >= 4 is 11.6 Å². The fourth-order valence-electron chi connectivity index (χ4n) is 1.96. The highest BCUT2D eigenvalue weighted by molar-refractivity contribution is 6.07. The van der Waals surface area contributed by atoms with Gasteiger partial charge in [-0.15, -0.1) is 0 Å². The minimum Gasteiger partial charge on any atom is -0.508 e. The van der Waals surface area contributed by atoms with E-state index in [1.807, 2.05) is 12.1 Å². The van der Waals surface area contributed by atoms with Crippen LogP contribution in [0.4, 0.5) is 5.69 Å². The van der Waals surface area contributed by atoms with Crippen LogP contribution in [0.3, 0.4) is 0 Å². The highest BCUT2D eigenvalue weighted by atomic mass is 16.5. The van der Waals surface area contributed by atoms with Crippen molar-refractivity contribution in [1.29, 1.82) is 0 Å². The lowest BCUT2D eigenvalue weighted by atomic mass is 10.1. The zero-order valence-corrected chi connectivity index (χ0v) is 11.8. The topological polar surface area (TPSA) is 49.8 Å². The lowest BCUT2D eigenvalue weighted by Crippen LogP contribution is -2.26. The van der Waals surface area contributed by atoms with Crippen molar-refractivity contribution in [1.82, 2.24) is 0 Å². The predicted molar refractivity (Wildman–Crippen MR) is 78.6 cm³/mol. The number of phenols is 1. The summed E-state index contributed by atoms with van der Waals surface area (Å²) in [4.78, 5) is 14.0. The Kier molecular flexibility index (Phi) is 3.94. The lowest BCUT2D eigenvalue weighted by Gasteiger charge is -2.19. The molecule has 20 heavy (non-hydrogen) atoms. The quantitative estimate of drug-likeness (QED) is 0.933. The molecular formula is C16H17NO3. The van der Waals surface area contributed by atoms with E-state index in [0.29, 0.717) is 11.1 Å². The number of benzene rings is 2. The van der Waals surface area contributed by atoms with E-state index < -0.39 is 0 Å². The largest absolute Gasteiger partial charge is 0.508 e. The summed E-state index contributed by atoms with van der Waals surface area (Å²) in [5.41, 5.74) is 1.83. The van der Waals surface area contributed by atoms with Gasteiger partial charge in [-0.25, -0.2) is 0 Å². The van der Waals surface area contributed by atoms with E-state index in [4.69, 9.17) is 4.74 Å². The maximum atomic E-state index is 12.5. The van der Waals surface area contributed by atoms with Gasteiger partial charge in [0.15, 0.2) is 0 Å². The maximum Gasteiger partial charge on any atom is 0.258 e. The van der Waals surface area contributed by atoms with E-state index in [9.17, 15) is 9.90 Å². The Balaban J connectivity index is 2.29. The zero-order chi connectivity index (χ0) is 14.7. The minimum atomic E-state index is -0.163. The number of phenolic OH excluding ortho intramolecular Hbond substituents is 1. The van der Waals surface area contributed by atoms with Crippen LogP contribution in [-0.2, 0) is 0 Å². The Bertz CT molecular complexity index is 620. The van der Waals surface area contributed by atoms with Gasteiger partial charge in [0.25, 0.3) is 5.91 Å². The number of carbonyl (C=O) groups is 1. The molecule has 0 aliphatic rings.